The molecule has 2 rings (SSSR count). The standard InChI is InChI=1S/C15H14BrN3O4/c1-23-15(22)11-8-19(4-5-20)14(21)13(11)18-12-3-2-10(16)6-9(12)7-17/h2-3,6,18,20H,4-5,8H2,1H3. The lowest BCUT2D eigenvalue weighted by Gasteiger charge is -2.15. The lowest BCUT2D eigenvalue weighted by Crippen LogP contribution is -2.31. The highest BCUT2D eigenvalue weighted by molar-refractivity contribution is 9.10. The fourth-order valence-electron chi connectivity index (χ4n) is 2.20. The van der Waals surface area contributed by atoms with Crippen LogP contribution in [0.25, 0.3) is 0 Å². The first-order valence-electron chi connectivity index (χ1n) is 6.70. The van der Waals surface area contributed by atoms with Crippen molar-refractivity contribution >= 4 is 33.5 Å². The number of methoxy groups -OCH3 is 1. The molecule has 0 aliphatic carbocycles. The molecule has 120 valence electrons. The molecule has 0 radical (unpaired) electrons. The molecule has 1 amide bonds. The van der Waals surface area contributed by atoms with Gasteiger partial charge in [-0.1, -0.05) is 15.9 Å². The number of amides is 1. The average molecular weight is 380 g/mol. The van der Waals surface area contributed by atoms with E-state index in [1.54, 1.807) is 18.2 Å². The SMILES string of the molecule is COC(=O)C1=C(Nc2ccc(Br)cc2C#N)C(=O)N(CCO)C1. The van der Waals surface area contributed by atoms with E-state index in [4.69, 9.17) is 9.84 Å². The van der Waals surface area contributed by atoms with E-state index in [0.29, 0.717) is 11.3 Å². The zero-order valence-electron chi connectivity index (χ0n) is 12.3. The number of aliphatic hydroxyl groups excluding tert-OH is 1. The predicted octanol–water partition coefficient (Wildman–Crippen LogP) is 0.994. The number of anilines is 1. The number of nitrogens with zero attached hydrogens (tertiary/aromatic N) is 2. The molecule has 2 N–H and O–H groups in total. The van der Waals surface area contributed by atoms with Gasteiger partial charge in [0.1, 0.15) is 11.8 Å². The van der Waals surface area contributed by atoms with Gasteiger partial charge in [0, 0.05) is 11.0 Å². The number of halogens is 1. The molecule has 1 heterocycles. The smallest absolute Gasteiger partial charge is 0.337 e. The van der Waals surface area contributed by atoms with Gasteiger partial charge in [0.25, 0.3) is 5.91 Å². The number of hydrogen-bond acceptors (Lipinski definition) is 6. The summed E-state index contributed by atoms with van der Waals surface area (Å²) in [4.78, 5) is 25.6. The van der Waals surface area contributed by atoms with Crippen molar-refractivity contribution in [2.24, 2.45) is 0 Å². The summed E-state index contributed by atoms with van der Waals surface area (Å²) in [5.41, 5.74) is 0.956. The van der Waals surface area contributed by atoms with Gasteiger partial charge in [0.05, 0.1) is 37.1 Å². The summed E-state index contributed by atoms with van der Waals surface area (Å²) in [5, 5.41) is 21.1. The number of β-amino-alcohol motifs (C(OH)–C–C–N with tert-alkyl or cyclic N) is 1. The molecule has 0 fully saturated rings. The minimum Gasteiger partial charge on any atom is -0.466 e. The molecular weight excluding hydrogens is 366 g/mol. The lowest BCUT2D eigenvalue weighted by atomic mass is 10.1. The number of nitriles is 1. The second kappa shape index (κ2) is 7.26. The topological polar surface area (TPSA) is 103 Å². The Kier molecular flexibility index (Phi) is 5.36. The first-order chi connectivity index (χ1) is 11.0. The maximum atomic E-state index is 12.4. The maximum Gasteiger partial charge on any atom is 0.337 e. The second-order valence-electron chi connectivity index (χ2n) is 4.72. The summed E-state index contributed by atoms with van der Waals surface area (Å²) in [6.07, 6.45) is 0. The number of carbonyl (C=O) groups excluding carboxylic acids is 2. The third kappa shape index (κ3) is 3.52. The van der Waals surface area contributed by atoms with E-state index < -0.39 is 11.9 Å². The quantitative estimate of drug-likeness (QED) is 0.739. The van der Waals surface area contributed by atoms with E-state index >= 15 is 0 Å². The molecule has 1 aliphatic heterocycles. The molecule has 0 unspecified atom stereocenters. The zero-order valence-corrected chi connectivity index (χ0v) is 13.9. The number of hydrogen-bond donors (Lipinski definition) is 2. The largest absolute Gasteiger partial charge is 0.466 e. The van der Waals surface area contributed by atoms with Crippen LogP contribution in [0.3, 0.4) is 0 Å². The first-order valence-corrected chi connectivity index (χ1v) is 7.49. The van der Waals surface area contributed by atoms with E-state index in [0.717, 1.165) is 4.47 Å². The van der Waals surface area contributed by atoms with Gasteiger partial charge >= 0.3 is 5.97 Å². The second-order valence-corrected chi connectivity index (χ2v) is 5.64. The Morgan fingerprint density at radius 1 is 1.57 bits per heavy atom. The van der Waals surface area contributed by atoms with Gasteiger partial charge in [-0.05, 0) is 18.2 Å². The number of aliphatic hydroxyl groups is 1. The number of carbonyl (C=O) groups is 2. The first kappa shape index (κ1) is 17.0. The van der Waals surface area contributed by atoms with Gasteiger partial charge < -0.3 is 20.1 Å². The molecule has 8 heteroatoms. The van der Waals surface area contributed by atoms with Crippen molar-refractivity contribution in [3.63, 3.8) is 0 Å². The van der Waals surface area contributed by atoms with E-state index in [1.807, 2.05) is 6.07 Å². The number of rotatable bonds is 5. The fraction of sp³-hybridized carbons (Fsp3) is 0.267. The monoisotopic (exact) mass is 379 g/mol. The summed E-state index contributed by atoms with van der Waals surface area (Å²) in [5.74, 6) is -1.05. The highest BCUT2D eigenvalue weighted by Gasteiger charge is 2.34. The van der Waals surface area contributed by atoms with Crippen molar-refractivity contribution in [3.05, 3.63) is 39.5 Å². The number of ether oxygens (including phenoxy) is 1. The van der Waals surface area contributed by atoms with Crippen LogP contribution in [0.4, 0.5) is 5.69 Å². The van der Waals surface area contributed by atoms with E-state index in [1.165, 1.54) is 12.0 Å². The molecule has 1 aliphatic rings. The molecule has 7 nitrogen and oxygen atoms in total. The Morgan fingerprint density at radius 3 is 2.91 bits per heavy atom. The third-order valence-electron chi connectivity index (χ3n) is 3.32. The maximum absolute atomic E-state index is 12.4. The summed E-state index contributed by atoms with van der Waals surface area (Å²) in [7, 11) is 1.23. The summed E-state index contributed by atoms with van der Waals surface area (Å²) in [6.45, 7) is -0.0576. The Balaban J connectivity index is 2.39. The van der Waals surface area contributed by atoms with Gasteiger partial charge in [-0.25, -0.2) is 4.79 Å². The Morgan fingerprint density at radius 2 is 2.30 bits per heavy atom. The van der Waals surface area contributed by atoms with Gasteiger partial charge in [0.2, 0.25) is 0 Å². The van der Waals surface area contributed by atoms with Crippen LogP contribution >= 0.6 is 15.9 Å². The van der Waals surface area contributed by atoms with Gasteiger partial charge in [-0.15, -0.1) is 0 Å². The Hall–Kier alpha value is -2.37. The summed E-state index contributed by atoms with van der Waals surface area (Å²) in [6, 6.07) is 6.97. The highest BCUT2D eigenvalue weighted by atomic mass is 79.9. The Labute approximate surface area is 141 Å². The normalized spacial score (nSPS) is 14.0. The summed E-state index contributed by atoms with van der Waals surface area (Å²) < 4.78 is 5.43. The van der Waals surface area contributed by atoms with E-state index in [2.05, 4.69) is 21.2 Å². The molecule has 23 heavy (non-hydrogen) atoms. The minimum atomic E-state index is -0.628. The van der Waals surface area contributed by atoms with Gasteiger partial charge in [-0.3, -0.25) is 4.79 Å². The molecule has 0 bridgehead atoms. The van der Waals surface area contributed by atoms with Crippen LogP contribution < -0.4 is 5.32 Å². The average Bonchev–Trinajstić information content (AvgIpc) is 2.85. The minimum absolute atomic E-state index is 0.0484. The Bertz CT molecular complexity index is 724. The number of esters is 1. The zero-order chi connectivity index (χ0) is 17.0. The number of nitrogens with one attached hydrogen (secondary N) is 1. The van der Waals surface area contributed by atoms with Crippen molar-refractivity contribution < 1.29 is 19.4 Å². The van der Waals surface area contributed by atoms with Crippen molar-refractivity contribution in [1.29, 1.82) is 5.26 Å². The van der Waals surface area contributed by atoms with Crippen LogP contribution in [0.2, 0.25) is 0 Å². The van der Waals surface area contributed by atoms with Gasteiger partial charge in [0.15, 0.2) is 0 Å². The molecule has 1 aromatic carbocycles. The van der Waals surface area contributed by atoms with Gasteiger partial charge in [-0.2, -0.15) is 5.26 Å². The van der Waals surface area contributed by atoms with Crippen molar-refractivity contribution in [1.82, 2.24) is 4.90 Å². The van der Waals surface area contributed by atoms with E-state index in [-0.39, 0.29) is 31.0 Å². The molecule has 0 spiro atoms. The van der Waals surface area contributed by atoms with Crippen LogP contribution in [0.5, 0.6) is 0 Å². The predicted molar refractivity (Wildman–Crippen MR) is 85.2 cm³/mol. The highest BCUT2D eigenvalue weighted by Crippen LogP contribution is 2.26. The van der Waals surface area contributed by atoms with Crippen LogP contribution in [0.1, 0.15) is 5.56 Å². The van der Waals surface area contributed by atoms with Crippen LogP contribution in [-0.2, 0) is 14.3 Å². The van der Waals surface area contributed by atoms with Crippen LogP contribution in [0.15, 0.2) is 33.9 Å². The van der Waals surface area contributed by atoms with Crippen LogP contribution in [-0.4, -0.2) is 48.7 Å². The van der Waals surface area contributed by atoms with Crippen molar-refractivity contribution in [2.45, 2.75) is 0 Å². The fourth-order valence-corrected chi connectivity index (χ4v) is 2.56. The summed E-state index contributed by atoms with van der Waals surface area (Å²) >= 11 is 3.27. The lowest BCUT2D eigenvalue weighted by molar-refractivity contribution is -0.136. The molecule has 0 aromatic heterocycles. The van der Waals surface area contributed by atoms with E-state index in [9.17, 15) is 14.9 Å². The van der Waals surface area contributed by atoms with Crippen molar-refractivity contribution in [2.75, 3.05) is 32.1 Å². The molecule has 1 aromatic rings. The molecule has 0 saturated carbocycles. The third-order valence-corrected chi connectivity index (χ3v) is 3.81. The molecule has 0 atom stereocenters. The molecular formula is C15H14BrN3O4. The number of benzene rings is 1. The van der Waals surface area contributed by atoms with Crippen molar-refractivity contribution in [3.8, 4) is 6.07 Å². The molecule has 0 saturated heterocycles. The van der Waals surface area contributed by atoms with Crippen LogP contribution in [0, 0.1) is 11.3 Å².